The maximum absolute atomic E-state index is 11.6. The number of rotatable bonds is 3. The van der Waals surface area contributed by atoms with E-state index in [1.807, 2.05) is 0 Å². The zero-order valence-corrected chi connectivity index (χ0v) is 10.3. The van der Waals surface area contributed by atoms with Crippen molar-refractivity contribution in [2.24, 2.45) is 5.92 Å². The number of nitrogens with zero attached hydrogens (tertiary/aromatic N) is 2. The summed E-state index contributed by atoms with van der Waals surface area (Å²) in [5, 5.41) is 8.77. The molecule has 0 amide bonds. The molecule has 0 spiro atoms. The van der Waals surface area contributed by atoms with Crippen molar-refractivity contribution in [1.29, 1.82) is 5.26 Å². The molecule has 0 radical (unpaired) electrons. The van der Waals surface area contributed by atoms with E-state index in [0.717, 1.165) is 6.42 Å². The summed E-state index contributed by atoms with van der Waals surface area (Å²) in [5.41, 5.74) is -1.02. The molecule has 0 unspecified atom stereocenters. The largest absolute Gasteiger partial charge is 0.328 e. The molecule has 0 bridgehead atoms. The molecule has 1 aromatic heterocycles. The molecule has 18 heavy (non-hydrogen) atoms. The fourth-order valence-corrected chi connectivity index (χ4v) is 2.55. The molecule has 1 aromatic rings. The Morgan fingerprint density at radius 3 is 2.72 bits per heavy atom. The summed E-state index contributed by atoms with van der Waals surface area (Å²) < 4.78 is 1.44. The van der Waals surface area contributed by atoms with Gasteiger partial charge in [-0.3, -0.25) is 14.3 Å². The number of nitriles is 1. The van der Waals surface area contributed by atoms with Gasteiger partial charge in [0.1, 0.15) is 11.6 Å². The van der Waals surface area contributed by atoms with E-state index in [9.17, 15) is 9.59 Å². The highest BCUT2D eigenvalue weighted by molar-refractivity contribution is 5.21. The van der Waals surface area contributed by atoms with Crippen molar-refractivity contribution < 1.29 is 0 Å². The summed E-state index contributed by atoms with van der Waals surface area (Å²) in [6.07, 6.45) is 8.62. The lowest BCUT2D eigenvalue weighted by Crippen LogP contribution is -2.31. The zero-order chi connectivity index (χ0) is 13.0. The summed E-state index contributed by atoms with van der Waals surface area (Å²) in [6.45, 7) is 0.578. The van der Waals surface area contributed by atoms with Crippen LogP contribution in [0.3, 0.4) is 0 Å². The standard InChI is InChI=1S/C13H17N3O2/c14-8-11-9-16(13(18)15-12(11)17)7-6-10-4-2-1-3-5-10/h9-10H,1-7H2,(H,15,17,18). The van der Waals surface area contributed by atoms with Crippen LogP contribution in [0.25, 0.3) is 0 Å². The second-order valence-electron chi connectivity index (χ2n) is 4.90. The second kappa shape index (κ2) is 5.67. The van der Waals surface area contributed by atoms with Crippen molar-refractivity contribution in [2.45, 2.75) is 45.1 Å². The maximum Gasteiger partial charge on any atom is 0.328 e. The molecule has 1 N–H and O–H groups in total. The minimum absolute atomic E-state index is 0.00163. The van der Waals surface area contributed by atoms with E-state index in [0.29, 0.717) is 12.5 Å². The fraction of sp³-hybridized carbons (Fsp3) is 0.615. The van der Waals surface area contributed by atoms with Crippen molar-refractivity contribution in [1.82, 2.24) is 9.55 Å². The lowest BCUT2D eigenvalue weighted by molar-refractivity contribution is 0.321. The van der Waals surface area contributed by atoms with Gasteiger partial charge in [0.05, 0.1) is 0 Å². The minimum atomic E-state index is -0.601. The topological polar surface area (TPSA) is 78.7 Å². The lowest BCUT2D eigenvalue weighted by atomic mass is 9.87. The summed E-state index contributed by atoms with van der Waals surface area (Å²) >= 11 is 0. The summed E-state index contributed by atoms with van der Waals surface area (Å²) in [6, 6.07) is 1.80. The predicted molar refractivity (Wildman–Crippen MR) is 67.2 cm³/mol. The monoisotopic (exact) mass is 247 g/mol. The van der Waals surface area contributed by atoms with Gasteiger partial charge in [0.25, 0.3) is 5.56 Å². The van der Waals surface area contributed by atoms with E-state index in [1.165, 1.54) is 42.9 Å². The van der Waals surface area contributed by atoms with E-state index in [1.54, 1.807) is 6.07 Å². The second-order valence-corrected chi connectivity index (χ2v) is 4.90. The number of hydrogen-bond donors (Lipinski definition) is 1. The van der Waals surface area contributed by atoms with Gasteiger partial charge in [-0.1, -0.05) is 32.1 Å². The number of aromatic amines is 1. The van der Waals surface area contributed by atoms with Crippen LogP contribution in [-0.4, -0.2) is 9.55 Å². The third-order valence-corrected chi connectivity index (χ3v) is 3.63. The molecule has 0 aliphatic heterocycles. The van der Waals surface area contributed by atoms with Gasteiger partial charge in [-0.25, -0.2) is 4.79 Å². The SMILES string of the molecule is N#Cc1cn(CCC2CCCCC2)c(=O)[nH]c1=O. The third kappa shape index (κ3) is 2.89. The Kier molecular flexibility index (Phi) is 3.98. The molecule has 5 nitrogen and oxygen atoms in total. The van der Waals surface area contributed by atoms with Crippen molar-refractivity contribution in [3.63, 3.8) is 0 Å². The number of nitrogens with one attached hydrogen (secondary N) is 1. The smallest absolute Gasteiger partial charge is 0.299 e. The Labute approximate surface area is 105 Å². The van der Waals surface area contributed by atoms with Gasteiger partial charge >= 0.3 is 5.69 Å². The lowest BCUT2D eigenvalue weighted by Gasteiger charge is -2.21. The maximum atomic E-state index is 11.6. The van der Waals surface area contributed by atoms with Crippen LogP contribution in [-0.2, 0) is 6.54 Å². The molecule has 1 aliphatic rings. The summed E-state index contributed by atoms with van der Waals surface area (Å²) in [4.78, 5) is 25.0. The van der Waals surface area contributed by atoms with E-state index in [2.05, 4.69) is 4.98 Å². The Balaban J connectivity index is 2.07. The van der Waals surface area contributed by atoms with Crippen LogP contribution in [0, 0.1) is 17.2 Å². The van der Waals surface area contributed by atoms with Crippen LogP contribution < -0.4 is 11.2 Å². The molecule has 0 saturated heterocycles. The number of H-pyrrole nitrogens is 1. The first-order valence-corrected chi connectivity index (χ1v) is 6.44. The highest BCUT2D eigenvalue weighted by Gasteiger charge is 2.13. The van der Waals surface area contributed by atoms with Gasteiger partial charge in [-0.05, 0) is 12.3 Å². The van der Waals surface area contributed by atoms with Crippen molar-refractivity contribution in [3.8, 4) is 6.07 Å². The zero-order valence-electron chi connectivity index (χ0n) is 10.3. The fourth-order valence-electron chi connectivity index (χ4n) is 2.55. The van der Waals surface area contributed by atoms with Crippen molar-refractivity contribution in [3.05, 3.63) is 32.6 Å². The molecular formula is C13H17N3O2. The summed E-state index contributed by atoms with van der Waals surface area (Å²) in [7, 11) is 0. The molecule has 1 fully saturated rings. The van der Waals surface area contributed by atoms with Gasteiger partial charge in [-0.15, -0.1) is 0 Å². The third-order valence-electron chi connectivity index (χ3n) is 3.63. The Morgan fingerprint density at radius 2 is 2.06 bits per heavy atom. The van der Waals surface area contributed by atoms with E-state index in [4.69, 9.17) is 5.26 Å². The van der Waals surface area contributed by atoms with Crippen molar-refractivity contribution in [2.75, 3.05) is 0 Å². The Bertz CT molecular complexity index is 559. The van der Waals surface area contributed by atoms with E-state index >= 15 is 0 Å². The molecule has 1 saturated carbocycles. The molecule has 0 atom stereocenters. The van der Waals surface area contributed by atoms with Gasteiger partial charge in [0.2, 0.25) is 0 Å². The highest BCUT2D eigenvalue weighted by atomic mass is 16.2. The van der Waals surface area contributed by atoms with Crippen LogP contribution in [0.1, 0.15) is 44.1 Å². The van der Waals surface area contributed by atoms with E-state index < -0.39 is 11.2 Å². The molecule has 1 aliphatic carbocycles. The number of aromatic nitrogens is 2. The highest BCUT2D eigenvalue weighted by Crippen LogP contribution is 2.26. The van der Waals surface area contributed by atoms with Crippen LogP contribution in [0.5, 0.6) is 0 Å². The van der Waals surface area contributed by atoms with Crippen molar-refractivity contribution >= 4 is 0 Å². The predicted octanol–water partition coefficient (Wildman–Crippen LogP) is 1.38. The molecule has 0 aromatic carbocycles. The number of aryl methyl sites for hydroxylation is 1. The minimum Gasteiger partial charge on any atom is -0.299 e. The first-order chi connectivity index (χ1) is 8.70. The quantitative estimate of drug-likeness (QED) is 0.876. The Hall–Kier alpha value is -1.83. The van der Waals surface area contributed by atoms with E-state index in [-0.39, 0.29) is 5.56 Å². The molecule has 2 rings (SSSR count). The normalized spacial score (nSPS) is 16.4. The molecule has 96 valence electrons. The first-order valence-electron chi connectivity index (χ1n) is 6.44. The number of hydrogen-bond acceptors (Lipinski definition) is 3. The Morgan fingerprint density at radius 1 is 1.33 bits per heavy atom. The van der Waals surface area contributed by atoms with Gasteiger partial charge in [-0.2, -0.15) is 5.26 Å². The molecule has 1 heterocycles. The van der Waals surface area contributed by atoms with Crippen LogP contribution in [0.2, 0.25) is 0 Å². The molecular weight excluding hydrogens is 230 g/mol. The van der Waals surface area contributed by atoms with Crippen LogP contribution in [0.15, 0.2) is 15.8 Å². The molecule has 5 heteroatoms. The summed E-state index contributed by atoms with van der Waals surface area (Å²) in [5.74, 6) is 0.670. The van der Waals surface area contributed by atoms with Gasteiger partial charge in [0, 0.05) is 12.7 Å². The van der Waals surface area contributed by atoms with Crippen LogP contribution >= 0.6 is 0 Å². The van der Waals surface area contributed by atoms with Crippen LogP contribution in [0.4, 0.5) is 0 Å². The van der Waals surface area contributed by atoms with Gasteiger partial charge in [0.15, 0.2) is 0 Å². The average Bonchev–Trinajstić information content (AvgIpc) is 2.39. The van der Waals surface area contributed by atoms with Gasteiger partial charge < -0.3 is 0 Å². The average molecular weight is 247 g/mol. The first kappa shape index (κ1) is 12.6.